The molecule has 6 rings (SSSR count). The average molecular weight is 527 g/mol. The topological polar surface area (TPSA) is 118 Å². The molecule has 2 N–H and O–H groups in total. The van der Waals surface area contributed by atoms with E-state index in [1.165, 1.54) is 11.3 Å². The first-order valence-electron chi connectivity index (χ1n) is 12.7. The minimum Gasteiger partial charge on any atom is -0.347 e. The smallest absolute Gasteiger partial charge is 0.331 e. The van der Waals surface area contributed by atoms with E-state index in [0.29, 0.717) is 40.1 Å². The number of likely N-dealkylation sites (tertiary alicyclic amines) is 1. The number of carbonyl (C=O) groups excluding carboxylic acids is 3. The normalized spacial score (nSPS) is 19.2. The molecule has 1 saturated carbocycles. The molecule has 0 radical (unpaired) electrons. The number of carbonyl (C=O) groups is 3. The highest BCUT2D eigenvalue weighted by molar-refractivity contribution is 7.21. The molecule has 192 valence electrons. The number of nitrogens with zero attached hydrogens (tertiary/aromatic N) is 4. The van der Waals surface area contributed by atoms with E-state index in [1.807, 2.05) is 37.3 Å². The molecule has 1 aliphatic carbocycles. The molecule has 2 aromatic heterocycles. The van der Waals surface area contributed by atoms with Gasteiger partial charge in [-0.25, -0.2) is 9.78 Å². The van der Waals surface area contributed by atoms with Crippen LogP contribution in [0.15, 0.2) is 48.2 Å². The Hall–Kier alpha value is -4.23. The van der Waals surface area contributed by atoms with Crippen molar-refractivity contribution in [1.82, 2.24) is 15.2 Å². The number of benzene rings is 1. The van der Waals surface area contributed by atoms with Gasteiger partial charge in [-0.15, -0.1) is 11.3 Å². The van der Waals surface area contributed by atoms with Crippen LogP contribution in [0, 0.1) is 24.2 Å². The molecule has 1 atom stereocenters. The summed E-state index contributed by atoms with van der Waals surface area (Å²) >= 11 is 1.23. The number of allylic oxidation sites excluding steroid dienone is 1. The summed E-state index contributed by atoms with van der Waals surface area (Å²) < 4.78 is 0. The van der Waals surface area contributed by atoms with Crippen LogP contribution in [0.5, 0.6) is 0 Å². The van der Waals surface area contributed by atoms with E-state index in [9.17, 15) is 19.6 Å². The maximum absolute atomic E-state index is 13.5. The Bertz CT molecular complexity index is 1550. The first-order chi connectivity index (χ1) is 18.4. The number of hydrogen-bond donors (Lipinski definition) is 2. The zero-order valence-corrected chi connectivity index (χ0v) is 21.7. The van der Waals surface area contributed by atoms with Gasteiger partial charge in [-0.1, -0.05) is 24.3 Å². The van der Waals surface area contributed by atoms with E-state index in [1.54, 1.807) is 28.1 Å². The van der Waals surface area contributed by atoms with Gasteiger partial charge >= 0.3 is 6.03 Å². The third-order valence-corrected chi connectivity index (χ3v) is 8.32. The number of anilines is 3. The highest BCUT2D eigenvalue weighted by Crippen LogP contribution is 2.46. The van der Waals surface area contributed by atoms with Crippen LogP contribution in [-0.2, 0) is 4.79 Å². The van der Waals surface area contributed by atoms with Crippen LogP contribution < -0.4 is 15.5 Å². The zero-order valence-electron chi connectivity index (χ0n) is 20.9. The molecule has 0 bridgehead atoms. The molecular weight excluding hydrogens is 500 g/mol. The van der Waals surface area contributed by atoms with Crippen molar-refractivity contribution in [2.45, 2.75) is 38.6 Å². The first-order valence-corrected chi connectivity index (χ1v) is 13.6. The van der Waals surface area contributed by atoms with Crippen molar-refractivity contribution in [2.75, 3.05) is 23.3 Å². The van der Waals surface area contributed by atoms with E-state index < -0.39 is 0 Å². The molecule has 1 saturated heterocycles. The predicted molar refractivity (Wildman–Crippen MR) is 145 cm³/mol. The molecular formula is C28H26N6O3S. The molecule has 2 fully saturated rings. The number of rotatable bonds is 5. The molecule has 4 heterocycles. The molecule has 4 amide bonds. The largest absolute Gasteiger partial charge is 0.347 e. The molecule has 3 aliphatic rings. The summed E-state index contributed by atoms with van der Waals surface area (Å²) in [6.45, 7) is 2.84. The van der Waals surface area contributed by atoms with Crippen molar-refractivity contribution in [3.63, 3.8) is 0 Å². The van der Waals surface area contributed by atoms with Gasteiger partial charge in [0, 0.05) is 25.3 Å². The Morgan fingerprint density at radius 3 is 2.79 bits per heavy atom. The molecule has 10 heteroatoms. The maximum atomic E-state index is 13.5. The van der Waals surface area contributed by atoms with E-state index in [-0.39, 0.29) is 29.5 Å². The summed E-state index contributed by atoms with van der Waals surface area (Å²) in [5.74, 6) is -0.256. The summed E-state index contributed by atoms with van der Waals surface area (Å²) in [4.78, 5) is 48.5. The molecule has 9 nitrogen and oxygen atoms in total. The number of thiophene rings is 1. The molecule has 38 heavy (non-hydrogen) atoms. The van der Waals surface area contributed by atoms with Crippen LogP contribution in [0.3, 0.4) is 0 Å². The highest BCUT2D eigenvalue weighted by Gasteiger charge is 2.34. The summed E-state index contributed by atoms with van der Waals surface area (Å²) in [6.07, 6.45) is 6.91. The van der Waals surface area contributed by atoms with Crippen molar-refractivity contribution in [3.05, 3.63) is 58.6 Å². The Kier molecular flexibility index (Phi) is 6.08. The van der Waals surface area contributed by atoms with Crippen LogP contribution in [0.1, 0.15) is 40.9 Å². The number of amides is 4. The number of nitriles is 1. The quantitative estimate of drug-likeness (QED) is 0.363. The second-order valence-corrected chi connectivity index (χ2v) is 11.0. The van der Waals surface area contributed by atoms with Gasteiger partial charge in [-0.3, -0.25) is 14.5 Å². The lowest BCUT2D eigenvalue weighted by Gasteiger charge is -2.33. The van der Waals surface area contributed by atoms with Crippen LogP contribution in [0.25, 0.3) is 10.2 Å². The number of pyridine rings is 1. The third-order valence-electron chi connectivity index (χ3n) is 7.23. The van der Waals surface area contributed by atoms with Crippen LogP contribution in [-0.4, -0.2) is 46.9 Å². The Balaban J connectivity index is 1.25. The molecule has 3 aromatic rings. The molecule has 1 aromatic carbocycles. The monoisotopic (exact) mass is 526 g/mol. The summed E-state index contributed by atoms with van der Waals surface area (Å²) in [5.41, 5.74) is 3.04. The van der Waals surface area contributed by atoms with Gasteiger partial charge in [0.25, 0.3) is 11.8 Å². The zero-order chi connectivity index (χ0) is 26.4. The van der Waals surface area contributed by atoms with E-state index >= 15 is 0 Å². The van der Waals surface area contributed by atoms with Crippen LogP contribution in [0.4, 0.5) is 21.9 Å². The standard InChI is InChI=1S/C28H26N6O3S/c1-16-5-2-3-7-20(16)34-21-10-11-30-26-22(21)23(32-28(34)37)24(38-26)25(35)31-19-6-4-12-33(15-19)27(36)18(14-29)13-17-8-9-17/h2-3,5,7,10-11,13,17,19H,4,6,8-9,12,15H2,1H3,(H,31,35)(H,32,37)/b18-13+/t19-/m0/s1. The number of aryl methyl sites for hydroxylation is 1. The lowest BCUT2D eigenvalue weighted by molar-refractivity contribution is -0.128. The summed E-state index contributed by atoms with van der Waals surface area (Å²) in [5, 5.41) is 16.2. The van der Waals surface area contributed by atoms with Gasteiger partial charge in [0.2, 0.25) is 0 Å². The van der Waals surface area contributed by atoms with E-state index in [0.717, 1.165) is 42.3 Å². The minimum absolute atomic E-state index is 0.188. The lowest BCUT2D eigenvalue weighted by Crippen LogP contribution is -2.50. The van der Waals surface area contributed by atoms with Crippen molar-refractivity contribution in [3.8, 4) is 6.07 Å². The molecule has 0 spiro atoms. The van der Waals surface area contributed by atoms with Crippen LogP contribution >= 0.6 is 11.3 Å². The highest BCUT2D eigenvalue weighted by atomic mass is 32.1. The Morgan fingerprint density at radius 1 is 1.21 bits per heavy atom. The van der Waals surface area contributed by atoms with Gasteiger partial charge in [0.05, 0.1) is 22.4 Å². The predicted octanol–water partition coefficient (Wildman–Crippen LogP) is 4.87. The second-order valence-electron chi connectivity index (χ2n) is 9.96. The van der Waals surface area contributed by atoms with Gasteiger partial charge in [-0.05, 0) is 56.2 Å². The van der Waals surface area contributed by atoms with E-state index in [2.05, 4.69) is 15.6 Å². The maximum Gasteiger partial charge on any atom is 0.331 e. The van der Waals surface area contributed by atoms with E-state index in [4.69, 9.17) is 0 Å². The number of urea groups is 1. The van der Waals surface area contributed by atoms with Gasteiger partial charge < -0.3 is 15.5 Å². The van der Waals surface area contributed by atoms with Crippen molar-refractivity contribution in [1.29, 1.82) is 5.26 Å². The van der Waals surface area contributed by atoms with Crippen molar-refractivity contribution >= 4 is 56.5 Å². The number of para-hydroxylation sites is 1. The van der Waals surface area contributed by atoms with Crippen molar-refractivity contribution in [2.24, 2.45) is 5.92 Å². The Labute approximate surface area is 223 Å². The fourth-order valence-corrected chi connectivity index (χ4v) is 6.18. The van der Waals surface area contributed by atoms with Crippen molar-refractivity contribution < 1.29 is 14.4 Å². The second kappa shape index (κ2) is 9.58. The molecule has 0 unspecified atom stereocenters. The lowest BCUT2D eigenvalue weighted by atomic mass is 10.0. The SMILES string of the molecule is Cc1ccccc1N1C(=O)Nc2c(C(=O)N[C@H]3CCCN(C(=O)/C(C#N)=C/C4CC4)C3)sc3nccc1c23. The number of nitrogens with one attached hydrogen (secondary N) is 2. The van der Waals surface area contributed by atoms with Gasteiger partial charge in [0.15, 0.2) is 0 Å². The van der Waals surface area contributed by atoms with Gasteiger partial charge in [0.1, 0.15) is 21.3 Å². The number of hydrogen-bond acceptors (Lipinski definition) is 6. The fraction of sp³-hybridized carbons (Fsp3) is 0.321. The third kappa shape index (κ3) is 4.29. The fourth-order valence-electron chi connectivity index (χ4n) is 5.15. The summed E-state index contributed by atoms with van der Waals surface area (Å²) in [6, 6.07) is 10.9. The minimum atomic E-state index is -0.340. The molecule has 2 aliphatic heterocycles. The average Bonchev–Trinajstić information content (AvgIpc) is 3.67. The van der Waals surface area contributed by atoms with Crippen LogP contribution in [0.2, 0.25) is 0 Å². The number of aromatic nitrogens is 1. The summed E-state index contributed by atoms with van der Waals surface area (Å²) in [7, 11) is 0. The van der Waals surface area contributed by atoms with Gasteiger partial charge in [-0.2, -0.15) is 5.26 Å². The number of piperidine rings is 1. The first kappa shape index (κ1) is 24.1. The Morgan fingerprint density at radius 2 is 2.03 bits per heavy atom.